The molecule has 168 valence electrons. The molecule has 0 atom stereocenters. The van der Waals surface area contributed by atoms with Gasteiger partial charge in [-0.25, -0.2) is 9.78 Å². The fourth-order valence-electron chi connectivity index (χ4n) is 3.32. The molecule has 0 saturated carbocycles. The highest BCUT2D eigenvalue weighted by Gasteiger charge is 2.15. The number of nitrogen functional groups attached to an aromatic ring is 1. The zero-order valence-corrected chi connectivity index (χ0v) is 18.7. The number of nitrogens with two attached hydrogens (primary N) is 1. The van der Waals surface area contributed by atoms with Crippen molar-refractivity contribution in [2.24, 2.45) is 0 Å². The lowest BCUT2D eigenvalue weighted by atomic mass is 10.0. The van der Waals surface area contributed by atoms with Crippen molar-refractivity contribution >= 4 is 11.9 Å². The zero-order chi connectivity index (χ0) is 23.4. The van der Waals surface area contributed by atoms with Crippen LogP contribution in [-0.2, 0) is 6.54 Å². The van der Waals surface area contributed by atoms with Gasteiger partial charge in [0.15, 0.2) is 5.82 Å². The van der Waals surface area contributed by atoms with E-state index in [1.54, 1.807) is 28.9 Å². The average Bonchev–Trinajstić information content (AvgIpc) is 3.29. The summed E-state index contributed by atoms with van der Waals surface area (Å²) in [6.07, 6.45) is -0.605. The summed E-state index contributed by atoms with van der Waals surface area (Å²) in [7, 11) is 0. The lowest BCUT2D eigenvalue weighted by Gasteiger charge is -2.13. The SMILES string of the molecule is Cc1ccc(-c2cc(OC(=O)NCc3cccc(N)n3)cc(-n3nnnc3C(C)C)c2)cc1. The van der Waals surface area contributed by atoms with Crippen LogP contribution in [0.25, 0.3) is 16.8 Å². The van der Waals surface area contributed by atoms with Gasteiger partial charge in [0.05, 0.1) is 17.9 Å². The lowest BCUT2D eigenvalue weighted by Crippen LogP contribution is -2.26. The Hall–Kier alpha value is -4.27. The van der Waals surface area contributed by atoms with Crippen LogP contribution in [0.5, 0.6) is 5.75 Å². The molecular formula is C24H25N7O2. The Morgan fingerprint density at radius 3 is 2.61 bits per heavy atom. The van der Waals surface area contributed by atoms with Crippen LogP contribution in [-0.4, -0.2) is 31.3 Å². The maximum atomic E-state index is 12.5. The molecule has 2 aromatic carbocycles. The van der Waals surface area contributed by atoms with E-state index in [4.69, 9.17) is 10.5 Å². The molecule has 0 bridgehead atoms. The van der Waals surface area contributed by atoms with Crippen LogP contribution in [0.15, 0.2) is 60.7 Å². The first-order valence-corrected chi connectivity index (χ1v) is 10.6. The third-order valence-corrected chi connectivity index (χ3v) is 4.98. The summed E-state index contributed by atoms with van der Waals surface area (Å²) in [6, 6.07) is 18.9. The molecule has 0 spiro atoms. The first-order chi connectivity index (χ1) is 15.9. The number of nitrogens with zero attached hydrogens (tertiary/aromatic N) is 5. The number of aromatic nitrogens is 5. The number of hydrogen-bond donors (Lipinski definition) is 2. The quantitative estimate of drug-likeness (QED) is 0.461. The molecule has 0 aliphatic rings. The van der Waals surface area contributed by atoms with Crippen molar-refractivity contribution in [2.45, 2.75) is 33.2 Å². The third-order valence-electron chi connectivity index (χ3n) is 4.98. The molecule has 0 radical (unpaired) electrons. The highest BCUT2D eigenvalue weighted by molar-refractivity contribution is 5.73. The minimum Gasteiger partial charge on any atom is -0.410 e. The van der Waals surface area contributed by atoms with Crippen LogP contribution in [0.4, 0.5) is 10.6 Å². The number of tetrazole rings is 1. The summed E-state index contributed by atoms with van der Waals surface area (Å²) < 4.78 is 7.26. The van der Waals surface area contributed by atoms with Gasteiger partial charge in [-0.15, -0.1) is 5.10 Å². The second kappa shape index (κ2) is 9.47. The topological polar surface area (TPSA) is 121 Å². The van der Waals surface area contributed by atoms with Crippen molar-refractivity contribution in [2.75, 3.05) is 5.73 Å². The summed E-state index contributed by atoms with van der Waals surface area (Å²) in [6.45, 7) is 6.26. The molecule has 9 heteroatoms. The summed E-state index contributed by atoms with van der Waals surface area (Å²) >= 11 is 0. The standard InChI is InChI=1S/C24H25N7O2/c1-15(2)23-28-29-30-31(23)20-11-18(17-9-7-16(3)8-10-17)12-21(13-20)33-24(32)26-14-19-5-4-6-22(25)27-19/h4-13,15H,14H2,1-3H3,(H2,25,27)(H,26,32). The molecular weight excluding hydrogens is 418 g/mol. The van der Waals surface area contributed by atoms with E-state index in [-0.39, 0.29) is 12.5 Å². The predicted octanol–water partition coefficient (Wildman–Crippen LogP) is 4.03. The van der Waals surface area contributed by atoms with Crippen molar-refractivity contribution in [3.8, 4) is 22.6 Å². The van der Waals surface area contributed by atoms with E-state index >= 15 is 0 Å². The molecule has 0 fully saturated rings. The van der Waals surface area contributed by atoms with Gasteiger partial charge in [0.1, 0.15) is 11.6 Å². The number of ether oxygens (including phenoxy) is 1. The number of aryl methyl sites for hydroxylation is 1. The molecule has 4 rings (SSSR count). The number of anilines is 1. The van der Waals surface area contributed by atoms with Gasteiger partial charge in [0, 0.05) is 12.0 Å². The number of hydrogen-bond acceptors (Lipinski definition) is 7. The van der Waals surface area contributed by atoms with Crippen LogP contribution in [0.1, 0.15) is 36.8 Å². The second-order valence-corrected chi connectivity index (χ2v) is 7.98. The van der Waals surface area contributed by atoms with Crippen LogP contribution in [0.3, 0.4) is 0 Å². The second-order valence-electron chi connectivity index (χ2n) is 7.98. The van der Waals surface area contributed by atoms with E-state index < -0.39 is 6.09 Å². The summed E-state index contributed by atoms with van der Waals surface area (Å²) in [5.74, 6) is 1.58. The summed E-state index contributed by atoms with van der Waals surface area (Å²) in [5.41, 5.74) is 10.0. The predicted molar refractivity (Wildman–Crippen MR) is 125 cm³/mol. The monoisotopic (exact) mass is 443 g/mol. The fourth-order valence-corrected chi connectivity index (χ4v) is 3.32. The van der Waals surface area contributed by atoms with Crippen LogP contribution >= 0.6 is 0 Å². The molecule has 9 nitrogen and oxygen atoms in total. The maximum Gasteiger partial charge on any atom is 0.412 e. The van der Waals surface area contributed by atoms with E-state index in [2.05, 4.69) is 25.8 Å². The van der Waals surface area contributed by atoms with Crippen LogP contribution in [0, 0.1) is 6.92 Å². The molecule has 4 aromatic rings. The number of amides is 1. The minimum atomic E-state index is -0.605. The maximum absolute atomic E-state index is 12.5. The molecule has 0 saturated heterocycles. The number of carbonyl (C=O) groups is 1. The van der Waals surface area contributed by atoms with E-state index in [9.17, 15) is 4.79 Å². The number of carbonyl (C=O) groups excluding carboxylic acids is 1. The van der Waals surface area contributed by atoms with E-state index in [1.165, 1.54) is 0 Å². The molecule has 3 N–H and O–H groups in total. The first kappa shape index (κ1) is 21.9. The highest BCUT2D eigenvalue weighted by Crippen LogP contribution is 2.29. The Kier molecular flexibility index (Phi) is 6.30. The van der Waals surface area contributed by atoms with Crippen molar-refractivity contribution in [1.82, 2.24) is 30.5 Å². The van der Waals surface area contributed by atoms with Crippen molar-refractivity contribution < 1.29 is 9.53 Å². The summed E-state index contributed by atoms with van der Waals surface area (Å²) in [5, 5.41) is 14.8. The van der Waals surface area contributed by atoms with Gasteiger partial charge < -0.3 is 15.8 Å². The molecule has 1 amide bonds. The summed E-state index contributed by atoms with van der Waals surface area (Å²) in [4.78, 5) is 16.7. The van der Waals surface area contributed by atoms with Gasteiger partial charge in [0.25, 0.3) is 0 Å². The van der Waals surface area contributed by atoms with Crippen molar-refractivity contribution in [3.05, 3.63) is 77.7 Å². The van der Waals surface area contributed by atoms with Crippen molar-refractivity contribution in [1.29, 1.82) is 0 Å². The van der Waals surface area contributed by atoms with E-state index in [1.807, 2.05) is 57.2 Å². The van der Waals surface area contributed by atoms with E-state index in [0.717, 1.165) is 16.7 Å². The molecule has 0 aliphatic carbocycles. The largest absolute Gasteiger partial charge is 0.412 e. The Morgan fingerprint density at radius 2 is 1.88 bits per heavy atom. The number of pyridine rings is 1. The van der Waals surface area contributed by atoms with Gasteiger partial charge in [-0.2, -0.15) is 4.68 Å². The normalized spacial score (nSPS) is 10.9. The Labute approximate surface area is 191 Å². The minimum absolute atomic E-state index is 0.113. The Balaban J connectivity index is 1.63. The van der Waals surface area contributed by atoms with Gasteiger partial charge in [-0.3, -0.25) is 0 Å². The van der Waals surface area contributed by atoms with Gasteiger partial charge in [0.2, 0.25) is 0 Å². The number of rotatable bonds is 6. The fraction of sp³-hybridized carbons (Fsp3) is 0.208. The molecule has 2 aromatic heterocycles. The Morgan fingerprint density at radius 1 is 1.09 bits per heavy atom. The van der Waals surface area contributed by atoms with Crippen LogP contribution < -0.4 is 15.8 Å². The lowest BCUT2D eigenvalue weighted by molar-refractivity contribution is 0.200. The van der Waals surface area contributed by atoms with Crippen molar-refractivity contribution in [3.63, 3.8) is 0 Å². The van der Waals surface area contributed by atoms with E-state index in [0.29, 0.717) is 28.8 Å². The Bertz CT molecular complexity index is 1270. The molecule has 33 heavy (non-hydrogen) atoms. The van der Waals surface area contributed by atoms with Crippen LogP contribution in [0.2, 0.25) is 0 Å². The molecule has 2 heterocycles. The average molecular weight is 444 g/mol. The molecule has 0 unspecified atom stereocenters. The smallest absolute Gasteiger partial charge is 0.410 e. The highest BCUT2D eigenvalue weighted by atomic mass is 16.6. The number of benzene rings is 2. The molecule has 0 aliphatic heterocycles. The van der Waals surface area contributed by atoms with Gasteiger partial charge in [-0.05, 0) is 52.7 Å². The van der Waals surface area contributed by atoms with Gasteiger partial charge >= 0.3 is 6.09 Å². The number of nitrogens with one attached hydrogen (secondary N) is 1. The first-order valence-electron chi connectivity index (χ1n) is 10.6. The zero-order valence-electron chi connectivity index (χ0n) is 18.7. The third kappa shape index (κ3) is 5.32. The van der Waals surface area contributed by atoms with Gasteiger partial charge in [-0.1, -0.05) is 49.7 Å².